The van der Waals surface area contributed by atoms with E-state index < -0.39 is 0 Å². The maximum atomic E-state index is 5.20. The maximum Gasteiger partial charge on any atom is 0.164 e. The quantitative estimate of drug-likeness (QED) is 0.175. The predicted molar refractivity (Wildman–Crippen MR) is 220 cm³/mol. The second-order valence-electron chi connectivity index (χ2n) is 13.6. The van der Waals surface area contributed by atoms with Crippen LogP contribution < -0.4 is 0 Å². The molecule has 0 bridgehead atoms. The third kappa shape index (κ3) is 4.73. The highest BCUT2D eigenvalue weighted by molar-refractivity contribution is 6.20. The Bertz CT molecular complexity index is 3180. The molecule has 0 atom stereocenters. The van der Waals surface area contributed by atoms with Crippen molar-refractivity contribution in [1.82, 2.24) is 19.5 Å². The summed E-state index contributed by atoms with van der Waals surface area (Å²) in [7, 11) is 0. The number of para-hydroxylation sites is 2. The molecule has 2 heterocycles. The highest BCUT2D eigenvalue weighted by Crippen LogP contribution is 2.37. The van der Waals surface area contributed by atoms with Gasteiger partial charge in [0.2, 0.25) is 0 Å². The van der Waals surface area contributed by atoms with Gasteiger partial charge in [0.25, 0.3) is 0 Å². The maximum absolute atomic E-state index is 5.20. The molecule has 4 heteroatoms. The fourth-order valence-corrected chi connectivity index (χ4v) is 8.12. The van der Waals surface area contributed by atoms with Gasteiger partial charge in [-0.2, -0.15) is 0 Å². The van der Waals surface area contributed by atoms with Gasteiger partial charge >= 0.3 is 0 Å². The van der Waals surface area contributed by atoms with Crippen LogP contribution in [-0.4, -0.2) is 19.5 Å². The average Bonchev–Trinajstić information content (AvgIpc) is 3.57. The van der Waals surface area contributed by atoms with Crippen molar-refractivity contribution in [2.45, 2.75) is 0 Å². The van der Waals surface area contributed by atoms with Crippen molar-refractivity contribution in [2.75, 3.05) is 0 Å². The van der Waals surface area contributed by atoms with Gasteiger partial charge in [0.05, 0.1) is 11.0 Å². The van der Waals surface area contributed by atoms with Crippen LogP contribution in [-0.2, 0) is 0 Å². The summed E-state index contributed by atoms with van der Waals surface area (Å²) in [5.41, 5.74) is 6.36. The summed E-state index contributed by atoms with van der Waals surface area (Å²) in [6.45, 7) is 0. The Balaban J connectivity index is 1.09. The number of aromatic nitrogens is 4. The molecule has 0 N–H and O–H groups in total. The summed E-state index contributed by atoms with van der Waals surface area (Å²) in [6.07, 6.45) is 0. The monoisotopic (exact) mass is 674 g/mol. The molecule has 2 aromatic heterocycles. The zero-order chi connectivity index (χ0) is 34.9. The van der Waals surface area contributed by atoms with Crippen LogP contribution in [0.1, 0.15) is 0 Å². The lowest BCUT2D eigenvalue weighted by Crippen LogP contribution is -2.01. The van der Waals surface area contributed by atoms with Gasteiger partial charge in [-0.1, -0.05) is 152 Å². The van der Waals surface area contributed by atoms with E-state index in [4.69, 9.17) is 15.0 Å². The van der Waals surface area contributed by atoms with Crippen molar-refractivity contribution in [2.24, 2.45) is 0 Å². The highest BCUT2D eigenvalue weighted by atomic mass is 15.0. The fraction of sp³-hybridized carbons (Fsp3) is 0. The molecular formula is C49H30N4. The third-order valence-electron chi connectivity index (χ3n) is 10.6. The molecule has 0 saturated heterocycles. The first-order valence-corrected chi connectivity index (χ1v) is 17.9. The molecule has 53 heavy (non-hydrogen) atoms. The number of hydrogen-bond acceptors (Lipinski definition) is 3. The summed E-state index contributed by atoms with van der Waals surface area (Å²) in [6, 6.07) is 64.5. The van der Waals surface area contributed by atoms with Crippen molar-refractivity contribution in [3.8, 4) is 39.9 Å². The Morgan fingerprint density at radius 2 is 0.887 bits per heavy atom. The molecule has 9 aromatic carbocycles. The van der Waals surface area contributed by atoms with E-state index in [1.165, 1.54) is 48.7 Å². The van der Waals surface area contributed by atoms with Crippen LogP contribution in [0.15, 0.2) is 182 Å². The van der Waals surface area contributed by atoms with Gasteiger partial charge in [-0.05, 0) is 73.4 Å². The van der Waals surface area contributed by atoms with Crippen LogP contribution in [0.5, 0.6) is 0 Å². The first-order valence-electron chi connectivity index (χ1n) is 17.9. The Morgan fingerprint density at radius 3 is 1.68 bits per heavy atom. The lowest BCUT2D eigenvalue weighted by Gasteiger charge is -2.13. The smallest absolute Gasteiger partial charge is 0.164 e. The Hall–Kier alpha value is -7.17. The highest BCUT2D eigenvalue weighted by Gasteiger charge is 2.17. The molecule has 0 aliphatic carbocycles. The number of benzene rings is 9. The molecule has 0 fully saturated rings. The topological polar surface area (TPSA) is 43.6 Å². The van der Waals surface area contributed by atoms with Gasteiger partial charge in [-0.15, -0.1) is 0 Å². The first kappa shape index (κ1) is 29.5. The third-order valence-corrected chi connectivity index (χ3v) is 10.6. The average molecular weight is 675 g/mol. The van der Waals surface area contributed by atoms with E-state index in [0.29, 0.717) is 17.5 Å². The van der Waals surface area contributed by atoms with Crippen molar-refractivity contribution in [1.29, 1.82) is 0 Å². The largest absolute Gasteiger partial charge is 0.309 e. The number of hydrogen-bond donors (Lipinski definition) is 0. The van der Waals surface area contributed by atoms with E-state index in [0.717, 1.165) is 38.5 Å². The van der Waals surface area contributed by atoms with Crippen molar-refractivity contribution in [3.63, 3.8) is 0 Å². The molecule has 0 amide bonds. The molecule has 11 rings (SSSR count). The van der Waals surface area contributed by atoms with E-state index in [1.807, 2.05) is 18.2 Å². The molecule has 11 aromatic rings. The normalized spacial score (nSPS) is 11.8. The molecule has 0 saturated carbocycles. The van der Waals surface area contributed by atoms with E-state index in [1.54, 1.807) is 0 Å². The molecule has 0 unspecified atom stereocenters. The molecule has 0 spiro atoms. The fourth-order valence-electron chi connectivity index (χ4n) is 8.12. The van der Waals surface area contributed by atoms with Gasteiger partial charge in [0.1, 0.15) is 0 Å². The minimum Gasteiger partial charge on any atom is -0.309 e. The van der Waals surface area contributed by atoms with Gasteiger partial charge in [0.15, 0.2) is 17.5 Å². The zero-order valence-electron chi connectivity index (χ0n) is 28.6. The Labute approximate surface area is 305 Å². The SMILES string of the molecule is c1ccc(-c2nc(-c3ccc4c(ccc5ccc6ccccc6c54)c3)nc(-c3cccc4cc(-n5c6ccccc6c6ccccc65)ccc34)n2)cc1. The number of nitrogens with zero attached hydrogens (tertiary/aromatic N) is 4. The summed E-state index contributed by atoms with van der Waals surface area (Å²) in [4.78, 5) is 15.4. The lowest BCUT2D eigenvalue weighted by molar-refractivity contribution is 1.08. The molecule has 0 aliphatic rings. The first-order chi connectivity index (χ1) is 26.3. The van der Waals surface area contributed by atoms with Crippen LogP contribution >= 0.6 is 0 Å². The summed E-state index contributed by atoms with van der Waals surface area (Å²) < 4.78 is 2.36. The second-order valence-corrected chi connectivity index (χ2v) is 13.6. The molecule has 4 nitrogen and oxygen atoms in total. The van der Waals surface area contributed by atoms with E-state index in [2.05, 4.69) is 168 Å². The van der Waals surface area contributed by atoms with Gasteiger partial charge in [-0.3, -0.25) is 0 Å². The molecule has 0 aliphatic heterocycles. The summed E-state index contributed by atoms with van der Waals surface area (Å²) >= 11 is 0. The van der Waals surface area contributed by atoms with Crippen molar-refractivity contribution < 1.29 is 0 Å². The van der Waals surface area contributed by atoms with Crippen LogP contribution in [0.25, 0.3) is 105 Å². The van der Waals surface area contributed by atoms with E-state index in [9.17, 15) is 0 Å². The van der Waals surface area contributed by atoms with Crippen molar-refractivity contribution in [3.05, 3.63) is 182 Å². The molecular weight excluding hydrogens is 645 g/mol. The number of fused-ring (bicyclic) bond motifs is 9. The minimum atomic E-state index is 0.646. The Kier molecular flexibility index (Phi) is 6.52. The van der Waals surface area contributed by atoms with E-state index >= 15 is 0 Å². The molecule has 246 valence electrons. The van der Waals surface area contributed by atoms with Gasteiger partial charge < -0.3 is 4.57 Å². The standard InChI is InChI=1S/C49H30N4/c1-2-12-33(13-3-1)47-50-48(36-25-27-40-35(29-36)24-23-32-22-21-31-11-4-5-15-39(31)46(32)40)52-49(51-47)43-18-10-14-34-30-37(26-28-38(34)43)53-44-19-8-6-16-41(44)42-17-7-9-20-45(42)53/h1-30H. The number of rotatable bonds is 4. The van der Waals surface area contributed by atoms with E-state index in [-0.39, 0.29) is 0 Å². The van der Waals surface area contributed by atoms with Gasteiger partial charge in [0, 0.05) is 33.2 Å². The van der Waals surface area contributed by atoms with Crippen LogP contribution in [0, 0.1) is 0 Å². The van der Waals surface area contributed by atoms with Crippen LogP contribution in [0.3, 0.4) is 0 Å². The minimum absolute atomic E-state index is 0.646. The Morgan fingerprint density at radius 1 is 0.321 bits per heavy atom. The lowest BCUT2D eigenvalue weighted by atomic mass is 9.95. The van der Waals surface area contributed by atoms with Gasteiger partial charge in [-0.25, -0.2) is 15.0 Å². The van der Waals surface area contributed by atoms with Crippen LogP contribution in [0.2, 0.25) is 0 Å². The van der Waals surface area contributed by atoms with Crippen LogP contribution in [0.4, 0.5) is 0 Å². The summed E-state index contributed by atoms with van der Waals surface area (Å²) in [5.74, 6) is 1.94. The predicted octanol–water partition coefficient (Wildman–Crippen LogP) is 12.6. The second kappa shape index (κ2) is 11.7. The summed E-state index contributed by atoms with van der Waals surface area (Å²) in [5, 5.41) is 12.1. The molecule has 0 radical (unpaired) electrons. The zero-order valence-corrected chi connectivity index (χ0v) is 28.6. The van der Waals surface area contributed by atoms with Crippen molar-refractivity contribution >= 4 is 64.9 Å².